The summed E-state index contributed by atoms with van der Waals surface area (Å²) >= 11 is 0. The summed E-state index contributed by atoms with van der Waals surface area (Å²) < 4.78 is 22.1. The average molecular weight is 256 g/mol. The number of rotatable bonds is 5. The minimum Gasteiger partial charge on any atom is -0.625 e. The van der Waals surface area contributed by atoms with Crippen molar-refractivity contribution in [2.75, 3.05) is 0 Å². The van der Waals surface area contributed by atoms with E-state index in [0.29, 0.717) is 17.7 Å². The van der Waals surface area contributed by atoms with Crippen molar-refractivity contribution in [1.29, 1.82) is 0 Å². The molecule has 0 heterocycles. The number of nitrogens with two attached hydrogens (primary N) is 1. The lowest BCUT2D eigenvalue weighted by molar-refractivity contribution is -0.374. The van der Waals surface area contributed by atoms with Gasteiger partial charge in [0.05, 0.1) is 4.90 Å². The highest BCUT2D eigenvalue weighted by Crippen LogP contribution is 2.10. The topological polar surface area (TPSA) is 97.2 Å². The monoisotopic (exact) mass is 256 g/mol. The molecule has 0 radical (unpaired) electrons. The Morgan fingerprint density at radius 3 is 2.35 bits per heavy atom. The quantitative estimate of drug-likeness (QED) is 0.437. The van der Waals surface area contributed by atoms with E-state index in [0.717, 1.165) is 12.8 Å². The fourth-order valence-electron chi connectivity index (χ4n) is 1.45. The SMILES string of the molecule is CCCCC(=[NH+][O-])c1ccc(S(N)(=O)=O)cc1. The molecule has 0 aliphatic carbocycles. The zero-order valence-corrected chi connectivity index (χ0v) is 10.5. The Morgan fingerprint density at radius 2 is 1.94 bits per heavy atom. The van der Waals surface area contributed by atoms with Gasteiger partial charge in [-0.1, -0.05) is 13.3 Å². The molecule has 0 bridgehead atoms. The summed E-state index contributed by atoms with van der Waals surface area (Å²) in [6.07, 6.45) is 2.54. The predicted octanol–water partition coefficient (Wildman–Crippen LogP) is -0.108. The molecule has 1 aromatic carbocycles. The first-order valence-corrected chi connectivity index (χ1v) is 6.91. The minimum atomic E-state index is -3.68. The van der Waals surface area contributed by atoms with Gasteiger partial charge in [0.15, 0.2) is 5.71 Å². The Bertz CT molecular complexity index is 492. The van der Waals surface area contributed by atoms with E-state index in [2.05, 4.69) is 0 Å². The first-order chi connectivity index (χ1) is 7.99. The second kappa shape index (κ2) is 5.79. The van der Waals surface area contributed by atoms with Gasteiger partial charge in [-0.2, -0.15) is 0 Å². The van der Waals surface area contributed by atoms with Gasteiger partial charge < -0.3 is 5.21 Å². The van der Waals surface area contributed by atoms with Gasteiger partial charge >= 0.3 is 0 Å². The number of hydrogen-bond donors (Lipinski definition) is 2. The standard InChI is InChI=1S/C11H16N2O3S/c1-2-3-4-11(13-14)9-5-7-10(8-6-9)17(12,15)16/h5-8,13H,2-4H2,1H3,(H2-,12,14,15,16). The number of hydrogen-bond acceptors (Lipinski definition) is 3. The average Bonchev–Trinajstić information content (AvgIpc) is 2.29. The molecule has 6 heteroatoms. The summed E-state index contributed by atoms with van der Waals surface area (Å²) in [5.74, 6) is 0. The van der Waals surface area contributed by atoms with Crippen molar-refractivity contribution >= 4 is 15.7 Å². The smallest absolute Gasteiger partial charge is 0.238 e. The molecule has 0 saturated heterocycles. The molecule has 17 heavy (non-hydrogen) atoms. The molecule has 0 amide bonds. The van der Waals surface area contributed by atoms with Crippen LogP contribution in [0.4, 0.5) is 0 Å². The summed E-state index contributed by atoms with van der Waals surface area (Å²) in [4.78, 5) is 0.0435. The fourth-order valence-corrected chi connectivity index (χ4v) is 1.97. The molecule has 0 unspecified atom stereocenters. The third-order valence-electron chi connectivity index (χ3n) is 2.43. The maximum Gasteiger partial charge on any atom is 0.238 e. The molecule has 0 aromatic heterocycles. The van der Waals surface area contributed by atoms with Crippen LogP contribution in [0, 0.1) is 5.21 Å². The summed E-state index contributed by atoms with van der Waals surface area (Å²) in [5.41, 5.74) is 1.26. The van der Waals surface area contributed by atoms with Crippen molar-refractivity contribution < 1.29 is 13.6 Å². The van der Waals surface area contributed by atoms with Crippen molar-refractivity contribution in [3.8, 4) is 0 Å². The zero-order valence-electron chi connectivity index (χ0n) is 9.64. The Balaban J connectivity index is 2.94. The van der Waals surface area contributed by atoms with E-state index in [4.69, 9.17) is 5.14 Å². The maximum atomic E-state index is 11.0. The van der Waals surface area contributed by atoms with Crippen LogP contribution < -0.4 is 10.3 Å². The normalized spacial score (nSPS) is 12.7. The van der Waals surface area contributed by atoms with E-state index in [1.54, 1.807) is 12.1 Å². The molecule has 1 rings (SSSR count). The molecule has 0 aliphatic heterocycles. The predicted molar refractivity (Wildman–Crippen MR) is 65.8 cm³/mol. The van der Waals surface area contributed by atoms with Crippen LogP contribution in [0.25, 0.3) is 0 Å². The molecule has 0 saturated carbocycles. The van der Waals surface area contributed by atoms with Crippen LogP contribution in [0.3, 0.4) is 0 Å². The highest BCUT2D eigenvalue weighted by Gasteiger charge is 2.11. The highest BCUT2D eigenvalue weighted by molar-refractivity contribution is 7.89. The second-order valence-corrected chi connectivity index (χ2v) is 5.31. The number of primary sulfonamides is 1. The summed E-state index contributed by atoms with van der Waals surface area (Å²) in [6, 6.07) is 5.95. The van der Waals surface area contributed by atoms with Crippen molar-refractivity contribution in [1.82, 2.24) is 0 Å². The van der Waals surface area contributed by atoms with E-state index >= 15 is 0 Å². The molecular weight excluding hydrogens is 240 g/mol. The number of unbranched alkanes of at least 4 members (excludes halogenated alkanes) is 1. The molecule has 0 aliphatic rings. The van der Waals surface area contributed by atoms with Gasteiger partial charge in [-0.05, 0) is 30.7 Å². The molecule has 94 valence electrons. The van der Waals surface area contributed by atoms with Crippen molar-refractivity contribution in [2.45, 2.75) is 31.1 Å². The first-order valence-electron chi connectivity index (χ1n) is 5.36. The minimum absolute atomic E-state index is 0.0435. The Labute approximate surface area is 101 Å². The van der Waals surface area contributed by atoms with E-state index in [-0.39, 0.29) is 4.90 Å². The zero-order chi connectivity index (χ0) is 12.9. The molecule has 0 spiro atoms. The Kier molecular flexibility index (Phi) is 4.65. The summed E-state index contributed by atoms with van der Waals surface area (Å²) in [7, 11) is -3.68. The van der Waals surface area contributed by atoms with Gasteiger partial charge in [-0.15, -0.1) is 0 Å². The van der Waals surface area contributed by atoms with Gasteiger partial charge in [-0.25, -0.2) is 18.7 Å². The Morgan fingerprint density at radius 1 is 1.35 bits per heavy atom. The molecule has 0 atom stereocenters. The van der Waals surface area contributed by atoms with Crippen LogP contribution >= 0.6 is 0 Å². The van der Waals surface area contributed by atoms with E-state index in [9.17, 15) is 13.6 Å². The molecule has 5 nitrogen and oxygen atoms in total. The summed E-state index contributed by atoms with van der Waals surface area (Å²) in [6.45, 7) is 2.03. The van der Waals surface area contributed by atoms with Gasteiger partial charge in [0, 0.05) is 12.0 Å². The van der Waals surface area contributed by atoms with Crippen LogP contribution in [0.5, 0.6) is 0 Å². The van der Waals surface area contributed by atoms with Crippen molar-refractivity contribution in [3.05, 3.63) is 35.0 Å². The van der Waals surface area contributed by atoms with Crippen molar-refractivity contribution in [2.24, 2.45) is 5.14 Å². The van der Waals surface area contributed by atoms with E-state index in [1.807, 2.05) is 12.1 Å². The molecular formula is C11H16N2O3S. The van der Waals surface area contributed by atoms with Gasteiger partial charge in [-0.3, -0.25) is 0 Å². The fraction of sp³-hybridized carbons (Fsp3) is 0.364. The first kappa shape index (κ1) is 13.7. The third kappa shape index (κ3) is 3.83. The lowest BCUT2D eigenvalue weighted by atomic mass is 10.1. The number of sulfonamides is 1. The van der Waals surface area contributed by atoms with E-state index in [1.165, 1.54) is 12.1 Å². The van der Waals surface area contributed by atoms with E-state index < -0.39 is 10.0 Å². The largest absolute Gasteiger partial charge is 0.625 e. The van der Waals surface area contributed by atoms with Crippen LogP contribution in [0.1, 0.15) is 31.7 Å². The molecule has 0 fully saturated rings. The maximum absolute atomic E-state index is 11.0. The summed E-state index contributed by atoms with van der Waals surface area (Å²) in [5, 5.41) is 17.7. The second-order valence-electron chi connectivity index (χ2n) is 3.75. The van der Waals surface area contributed by atoms with Crippen molar-refractivity contribution in [3.63, 3.8) is 0 Å². The van der Waals surface area contributed by atoms with Crippen LogP contribution in [-0.2, 0) is 10.0 Å². The van der Waals surface area contributed by atoms with Crippen LogP contribution in [-0.4, -0.2) is 14.1 Å². The lowest BCUT2D eigenvalue weighted by Gasteiger charge is -2.03. The van der Waals surface area contributed by atoms with Gasteiger partial charge in [0.2, 0.25) is 10.0 Å². The third-order valence-corrected chi connectivity index (χ3v) is 3.36. The van der Waals surface area contributed by atoms with Gasteiger partial charge in [0.25, 0.3) is 0 Å². The number of benzene rings is 1. The van der Waals surface area contributed by atoms with Crippen LogP contribution in [0.15, 0.2) is 29.2 Å². The van der Waals surface area contributed by atoms with Crippen LogP contribution in [0.2, 0.25) is 0 Å². The number of nitrogens with one attached hydrogen (secondary N) is 1. The lowest BCUT2D eigenvalue weighted by Crippen LogP contribution is -2.65. The Hall–Kier alpha value is -1.40. The van der Waals surface area contributed by atoms with Gasteiger partial charge in [0.1, 0.15) is 0 Å². The highest BCUT2D eigenvalue weighted by atomic mass is 32.2. The molecule has 3 N–H and O–H groups in total. The molecule has 1 aromatic rings.